The molecule has 0 aromatic carbocycles. The van der Waals surface area contributed by atoms with Gasteiger partial charge in [0.1, 0.15) is 6.04 Å². The second-order valence-corrected chi connectivity index (χ2v) is 2.65. The third-order valence-corrected chi connectivity index (χ3v) is 1.53. The number of carbonyl (C=O) groups is 1. The molecule has 70 valence electrons. The number of rotatable bonds is 3. The number of carboxylic acids is 1. The molecule has 0 bridgehead atoms. The van der Waals surface area contributed by atoms with Crippen molar-refractivity contribution in [3.05, 3.63) is 28.7 Å². The highest BCUT2D eigenvalue weighted by atomic mass is 16.4. The lowest BCUT2D eigenvalue weighted by Gasteiger charge is -2.09. The number of H-pyrrole nitrogens is 1. The Morgan fingerprint density at radius 2 is 2.38 bits per heavy atom. The van der Waals surface area contributed by atoms with Gasteiger partial charge in [0.05, 0.1) is 0 Å². The molecular weight excluding hydrogens is 172 g/mol. The maximum atomic E-state index is 10.8. The highest BCUT2D eigenvalue weighted by Gasteiger charge is 2.09. The van der Waals surface area contributed by atoms with Gasteiger partial charge in [0.15, 0.2) is 0 Å². The average Bonchev–Trinajstić information content (AvgIpc) is 2.04. The Balaban J connectivity index is 2.75. The first kappa shape index (κ1) is 9.31. The molecule has 1 heterocycles. The molecule has 0 spiro atoms. The Morgan fingerprint density at radius 1 is 1.69 bits per heavy atom. The summed E-state index contributed by atoms with van der Waals surface area (Å²) in [5.74, 6) is -0.958. The van der Waals surface area contributed by atoms with Crippen LogP contribution in [0.5, 0.6) is 0 Å². The average molecular weight is 182 g/mol. The van der Waals surface area contributed by atoms with Crippen LogP contribution in [0.4, 0.5) is 5.69 Å². The molecule has 0 radical (unpaired) electrons. The van der Waals surface area contributed by atoms with Crippen molar-refractivity contribution < 1.29 is 9.90 Å². The zero-order chi connectivity index (χ0) is 9.84. The van der Waals surface area contributed by atoms with Crippen LogP contribution in [0.1, 0.15) is 6.92 Å². The fourth-order valence-corrected chi connectivity index (χ4v) is 0.846. The number of aromatic nitrogens is 1. The van der Waals surface area contributed by atoms with E-state index in [1.165, 1.54) is 19.2 Å². The fraction of sp³-hybridized carbons (Fsp3) is 0.250. The van der Waals surface area contributed by atoms with Gasteiger partial charge in [-0.05, 0) is 13.0 Å². The molecule has 3 N–H and O–H groups in total. The molecule has 5 nitrogen and oxygen atoms in total. The first-order valence-electron chi connectivity index (χ1n) is 3.77. The molecule has 0 unspecified atom stereocenters. The Bertz CT molecular complexity index is 358. The molecule has 0 amide bonds. The quantitative estimate of drug-likeness (QED) is 0.626. The number of hydrogen-bond acceptors (Lipinski definition) is 3. The van der Waals surface area contributed by atoms with Crippen LogP contribution in [-0.2, 0) is 4.79 Å². The van der Waals surface area contributed by atoms with Crippen LogP contribution in [-0.4, -0.2) is 22.1 Å². The van der Waals surface area contributed by atoms with E-state index in [4.69, 9.17) is 5.11 Å². The summed E-state index contributed by atoms with van der Waals surface area (Å²) in [7, 11) is 0. The Labute approximate surface area is 74.4 Å². The maximum absolute atomic E-state index is 10.8. The summed E-state index contributed by atoms with van der Waals surface area (Å²) < 4.78 is 0. The van der Waals surface area contributed by atoms with Crippen molar-refractivity contribution in [2.45, 2.75) is 13.0 Å². The topological polar surface area (TPSA) is 82.2 Å². The van der Waals surface area contributed by atoms with Gasteiger partial charge in [0.2, 0.25) is 5.56 Å². The van der Waals surface area contributed by atoms with Gasteiger partial charge in [-0.25, -0.2) is 0 Å². The smallest absolute Gasteiger partial charge is 0.325 e. The first-order chi connectivity index (χ1) is 6.09. The van der Waals surface area contributed by atoms with Crippen molar-refractivity contribution in [1.82, 2.24) is 4.98 Å². The van der Waals surface area contributed by atoms with E-state index < -0.39 is 12.0 Å². The van der Waals surface area contributed by atoms with Gasteiger partial charge >= 0.3 is 5.97 Å². The van der Waals surface area contributed by atoms with E-state index in [0.717, 1.165) is 0 Å². The number of hydrogen-bond donors (Lipinski definition) is 3. The molecule has 1 atom stereocenters. The molecule has 1 aromatic heterocycles. The predicted octanol–water partition coefficient (Wildman–Crippen LogP) is 0.260. The van der Waals surface area contributed by atoms with E-state index in [1.807, 2.05) is 0 Å². The lowest BCUT2D eigenvalue weighted by atomic mass is 10.3. The summed E-state index contributed by atoms with van der Waals surface area (Å²) in [6.07, 6.45) is 1.46. The van der Waals surface area contributed by atoms with Gasteiger partial charge < -0.3 is 15.4 Å². The van der Waals surface area contributed by atoms with Gasteiger partial charge in [-0.2, -0.15) is 0 Å². The first-order valence-corrected chi connectivity index (χ1v) is 3.77. The summed E-state index contributed by atoms with van der Waals surface area (Å²) in [5, 5.41) is 11.2. The zero-order valence-corrected chi connectivity index (χ0v) is 7.07. The van der Waals surface area contributed by atoms with Crippen LogP contribution in [0.15, 0.2) is 23.1 Å². The van der Waals surface area contributed by atoms with Gasteiger partial charge in [0, 0.05) is 18.0 Å². The van der Waals surface area contributed by atoms with E-state index >= 15 is 0 Å². The van der Waals surface area contributed by atoms with Crippen LogP contribution in [0.2, 0.25) is 0 Å². The van der Waals surface area contributed by atoms with Crippen LogP contribution < -0.4 is 10.9 Å². The molecule has 0 aliphatic rings. The molecular formula is C8H10N2O3. The molecule has 5 heteroatoms. The van der Waals surface area contributed by atoms with E-state index in [0.29, 0.717) is 5.69 Å². The summed E-state index contributed by atoms with van der Waals surface area (Å²) in [5.41, 5.74) is 0.237. The number of nitrogens with one attached hydrogen (secondary N) is 2. The van der Waals surface area contributed by atoms with E-state index in [1.54, 1.807) is 6.07 Å². The SMILES string of the molecule is C[C@H](Nc1cc[nH]c(=O)c1)C(=O)O. The molecule has 13 heavy (non-hydrogen) atoms. The summed E-state index contributed by atoms with van der Waals surface area (Å²) in [6, 6.07) is 2.20. The second kappa shape index (κ2) is 3.75. The summed E-state index contributed by atoms with van der Waals surface area (Å²) >= 11 is 0. The lowest BCUT2D eigenvalue weighted by molar-refractivity contribution is -0.137. The van der Waals surface area contributed by atoms with Crippen LogP contribution in [0, 0.1) is 0 Å². The van der Waals surface area contributed by atoms with Crippen molar-refractivity contribution in [2.75, 3.05) is 5.32 Å². The van der Waals surface area contributed by atoms with Crippen LogP contribution in [0.25, 0.3) is 0 Å². The molecule has 0 saturated carbocycles. The summed E-state index contributed by atoms with van der Waals surface area (Å²) in [6.45, 7) is 1.50. The minimum Gasteiger partial charge on any atom is -0.480 e. The number of pyridine rings is 1. The molecule has 1 aromatic rings. The molecule has 1 rings (SSSR count). The van der Waals surface area contributed by atoms with Crippen LogP contribution >= 0.6 is 0 Å². The van der Waals surface area contributed by atoms with Crippen LogP contribution in [0.3, 0.4) is 0 Å². The van der Waals surface area contributed by atoms with Gasteiger partial charge in [-0.15, -0.1) is 0 Å². The number of aromatic amines is 1. The van der Waals surface area contributed by atoms with Crippen molar-refractivity contribution in [2.24, 2.45) is 0 Å². The predicted molar refractivity (Wildman–Crippen MR) is 47.8 cm³/mol. The Hall–Kier alpha value is -1.78. The van der Waals surface area contributed by atoms with E-state index in [9.17, 15) is 9.59 Å². The highest BCUT2D eigenvalue weighted by Crippen LogP contribution is 2.02. The second-order valence-electron chi connectivity index (χ2n) is 2.65. The Morgan fingerprint density at radius 3 is 2.92 bits per heavy atom. The van der Waals surface area contributed by atoms with Crippen molar-refractivity contribution in [3.8, 4) is 0 Å². The fourth-order valence-electron chi connectivity index (χ4n) is 0.846. The minimum absolute atomic E-state index is 0.261. The standard InChI is InChI=1S/C8H10N2O3/c1-5(8(12)13)10-6-2-3-9-7(11)4-6/h2-5H,1H3,(H,12,13)(H2,9,10,11)/t5-/m0/s1. The third-order valence-electron chi connectivity index (χ3n) is 1.53. The molecule has 0 saturated heterocycles. The van der Waals surface area contributed by atoms with Crippen molar-refractivity contribution >= 4 is 11.7 Å². The molecule has 0 aliphatic heterocycles. The monoisotopic (exact) mass is 182 g/mol. The van der Waals surface area contributed by atoms with Gasteiger partial charge in [-0.1, -0.05) is 0 Å². The summed E-state index contributed by atoms with van der Waals surface area (Å²) in [4.78, 5) is 23.7. The molecule has 0 fully saturated rings. The Kier molecular flexibility index (Phi) is 2.69. The van der Waals surface area contributed by atoms with Gasteiger partial charge in [-0.3, -0.25) is 9.59 Å². The highest BCUT2D eigenvalue weighted by molar-refractivity contribution is 5.76. The maximum Gasteiger partial charge on any atom is 0.325 e. The number of aliphatic carboxylic acids is 1. The number of carboxylic acid groups (broad SMARTS) is 1. The van der Waals surface area contributed by atoms with Gasteiger partial charge in [0.25, 0.3) is 0 Å². The molecule has 0 aliphatic carbocycles. The van der Waals surface area contributed by atoms with Crippen molar-refractivity contribution in [1.29, 1.82) is 0 Å². The normalized spacial score (nSPS) is 12.1. The largest absolute Gasteiger partial charge is 0.480 e. The lowest BCUT2D eigenvalue weighted by Crippen LogP contribution is -2.25. The van der Waals surface area contributed by atoms with E-state index in [-0.39, 0.29) is 5.56 Å². The third kappa shape index (κ3) is 2.62. The van der Waals surface area contributed by atoms with Crippen molar-refractivity contribution in [3.63, 3.8) is 0 Å². The zero-order valence-electron chi connectivity index (χ0n) is 7.07. The number of anilines is 1. The minimum atomic E-state index is -0.958. The van der Waals surface area contributed by atoms with E-state index in [2.05, 4.69) is 10.3 Å².